The minimum Gasteiger partial charge on any atom is -0.402 e. The normalized spacial score (nSPS) is 13.3. The zero-order chi connectivity index (χ0) is 15.8. The average Bonchev–Trinajstić information content (AvgIpc) is 2.47. The number of rotatable bonds is 8. The fourth-order valence-corrected chi connectivity index (χ4v) is 2.42. The van der Waals surface area contributed by atoms with Crippen LogP contribution in [0.2, 0.25) is 0 Å². The minimum absolute atomic E-state index is 0.0854. The van der Waals surface area contributed by atoms with Gasteiger partial charge in [-0.05, 0) is 29.6 Å². The lowest BCUT2D eigenvalue weighted by Gasteiger charge is -2.22. The summed E-state index contributed by atoms with van der Waals surface area (Å²) in [4.78, 5) is 0. The van der Waals surface area contributed by atoms with Gasteiger partial charge in [0.15, 0.2) is 0 Å². The van der Waals surface area contributed by atoms with E-state index in [1.165, 1.54) is 5.56 Å². The SMILES string of the molecule is C=C(Cc1ccccc1)/C(=C(\N)CCC)C(C)C(=C)NO. The fourth-order valence-electron chi connectivity index (χ4n) is 2.42. The number of nitrogens with two attached hydrogens (primary N) is 1. The lowest BCUT2D eigenvalue weighted by Crippen LogP contribution is -2.20. The van der Waals surface area contributed by atoms with Crippen molar-refractivity contribution in [3.8, 4) is 0 Å². The van der Waals surface area contributed by atoms with Crippen molar-refractivity contribution >= 4 is 0 Å². The van der Waals surface area contributed by atoms with Gasteiger partial charge in [-0.3, -0.25) is 10.7 Å². The van der Waals surface area contributed by atoms with E-state index in [-0.39, 0.29) is 5.92 Å². The molecule has 21 heavy (non-hydrogen) atoms. The third-order valence-electron chi connectivity index (χ3n) is 3.61. The minimum atomic E-state index is -0.0854. The molecule has 0 heterocycles. The predicted octanol–water partition coefficient (Wildman–Crippen LogP) is 3.93. The van der Waals surface area contributed by atoms with Gasteiger partial charge in [-0.15, -0.1) is 0 Å². The van der Waals surface area contributed by atoms with Gasteiger partial charge in [0.2, 0.25) is 0 Å². The van der Waals surface area contributed by atoms with Gasteiger partial charge in [0.1, 0.15) is 0 Å². The molecule has 0 radical (unpaired) electrons. The Balaban J connectivity index is 3.04. The van der Waals surface area contributed by atoms with E-state index in [4.69, 9.17) is 10.9 Å². The Hall–Kier alpha value is -2.00. The van der Waals surface area contributed by atoms with Crippen LogP contribution in [0.5, 0.6) is 0 Å². The summed E-state index contributed by atoms with van der Waals surface area (Å²) in [5.41, 5.74) is 12.9. The van der Waals surface area contributed by atoms with Crippen molar-refractivity contribution in [1.29, 1.82) is 0 Å². The van der Waals surface area contributed by atoms with Crippen LogP contribution in [0.15, 0.2) is 66.0 Å². The van der Waals surface area contributed by atoms with Crippen LogP contribution >= 0.6 is 0 Å². The quantitative estimate of drug-likeness (QED) is 0.501. The molecule has 0 aliphatic rings. The first kappa shape index (κ1) is 17.1. The molecule has 0 saturated carbocycles. The molecule has 4 N–H and O–H groups in total. The molecule has 1 unspecified atom stereocenters. The van der Waals surface area contributed by atoms with Crippen LogP contribution in [0, 0.1) is 5.92 Å². The van der Waals surface area contributed by atoms with Gasteiger partial charge >= 0.3 is 0 Å². The van der Waals surface area contributed by atoms with Crippen molar-refractivity contribution < 1.29 is 5.21 Å². The van der Waals surface area contributed by atoms with Gasteiger partial charge < -0.3 is 5.73 Å². The van der Waals surface area contributed by atoms with E-state index < -0.39 is 0 Å². The highest BCUT2D eigenvalue weighted by Gasteiger charge is 2.18. The van der Waals surface area contributed by atoms with E-state index in [1.54, 1.807) is 0 Å². The molecule has 0 spiro atoms. The third-order valence-corrected chi connectivity index (χ3v) is 3.61. The van der Waals surface area contributed by atoms with Crippen LogP contribution in [0.1, 0.15) is 32.3 Å². The first-order chi connectivity index (χ1) is 10.0. The number of hydrogen-bond acceptors (Lipinski definition) is 3. The molecule has 1 rings (SSSR count). The highest BCUT2D eigenvalue weighted by atomic mass is 16.5. The monoisotopic (exact) mass is 286 g/mol. The van der Waals surface area contributed by atoms with Crippen LogP contribution in [0.3, 0.4) is 0 Å². The number of nitrogens with one attached hydrogen (secondary N) is 1. The number of hydrogen-bond donors (Lipinski definition) is 3. The number of hydroxylamine groups is 1. The zero-order valence-corrected chi connectivity index (χ0v) is 13.0. The van der Waals surface area contributed by atoms with E-state index in [9.17, 15) is 0 Å². The maximum atomic E-state index is 9.09. The van der Waals surface area contributed by atoms with Gasteiger partial charge in [-0.1, -0.05) is 63.8 Å². The summed E-state index contributed by atoms with van der Waals surface area (Å²) < 4.78 is 0. The van der Waals surface area contributed by atoms with E-state index in [1.807, 2.05) is 25.1 Å². The molecule has 1 aromatic rings. The molecule has 0 aliphatic carbocycles. The van der Waals surface area contributed by atoms with Crippen molar-refractivity contribution in [2.75, 3.05) is 0 Å². The van der Waals surface area contributed by atoms with E-state index in [2.05, 4.69) is 37.7 Å². The Morgan fingerprint density at radius 2 is 1.90 bits per heavy atom. The van der Waals surface area contributed by atoms with Crippen LogP contribution in [0.4, 0.5) is 0 Å². The summed E-state index contributed by atoms with van der Waals surface area (Å²) in [6.07, 6.45) is 2.52. The Kier molecular flexibility index (Phi) is 6.76. The second kappa shape index (κ2) is 8.32. The van der Waals surface area contributed by atoms with E-state index in [0.717, 1.165) is 36.1 Å². The van der Waals surface area contributed by atoms with Crippen molar-refractivity contribution in [1.82, 2.24) is 5.48 Å². The zero-order valence-electron chi connectivity index (χ0n) is 13.0. The van der Waals surface area contributed by atoms with E-state index in [0.29, 0.717) is 5.70 Å². The molecule has 3 heteroatoms. The standard InChI is InChI=1S/C18H26N2O/c1-5-9-17(19)18(14(3)15(4)20-21)13(2)12-16-10-7-6-8-11-16/h6-8,10-11,14,20-21H,2,4-5,9,12,19H2,1,3H3/b18-17+. The lowest BCUT2D eigenvalue weighted by molar-refractivity contribution is 0.191. The number of benzene rings is 1. The highest BCUT2D eigenvalue weighted by Crippen LogP contribution is 2.28. The molecule has 3 nitrogen and oxygen atoms in total. The second-order valence-corrected chi connectivity index (χ2v) is 5.31. The van der Waals surface area contributed by atoms with Gasteiger partial charge in [0, 0.05) is 17.3 Å². The topological polar surface area (TPSA) is 58.3 Å². The van der Waals surface area contributed by atoms with Crippen LogP contribution in [-0.2, 0) is 6.42 Å². The Labute approximate surface area is 127 Å². The Morgan fingerprint density at radius 1 is 1.29 bits per heavy atom. The van der Waals surface area contributed by atoms with Gasteiger partial charge in [-0.25, -0.2) is 0 Å². The molecule has 1 aromatic carbocycles. The Morgan fingerprint density at radius 3 is 2.43 bits per heavy atom. The van der Waals surface area contributed by atoms with Gasteiger partial charge in [-0.2, -0.15) is 0 Å². The smallest absolute Gasteiger partial charge is 0.0377 e. The summed E-state index contributed by atoms with van der Waals surface area (Å²) in [6, 6.07) is 10.2. The average molecular weight is 286 g/mol. The number of allylic oxidation sites excluding steroid dienone is 3. The maximum absolute atomic E-state index is 9.09. The van der Waals surface area contributed by atoms with Crippen molar-refractivity contribution in [2.24, 2.45) is 11.7 Å². The van der Waals surface area contributed by atoms with Crippen LogP contribution in [-0.4, -0.2) is 5.21 Å². The summed E-state index contributed by atoms with van der Waals surface area (Å²) in [6.45, 7) is 12.1. The highest BCUT2D eigenvalue weighted by molar-refractivity contribution is 5.40. The summed E-state index contributed by atoms with van der Waals surface area (Å²) in [5.74, 6) is -0.0854. The first-order valence-electron chi connectivity index (χ1n) is 7.30. The Bertz CT molecular complexity index is 517. The molecule has 0 aliphatic heterocycles. The molecule has 0 bridgehead atoms. The predicted molar refractivity (Wildman–Crippen MR) is 88.6 cm³/mol. The molecule has 0 aromatic heterocycles. The first-order valence-corrected chi connectivity index (χ1v) is 7.30. The molecular weight excluding hydrogens is 260 g/mol. The van der Waals surface area contributed by atoms with Crippen molar-refractivity contribution in [2.45, 2.75) is 33.1 Å². The largest absolute Gasteiger partial charge is 0.402 e. The summed E-state index contributed by atoms with van der Waals surface area (Å²) in [7, 11) is 0. The fraction of sp³-hybridized carbons (Fsp3) is 0.333. The maximum Gasteiger partial charge on any atom is 0.0377 e. The van der Waals surface area contributed by atoms with Crippen LogP contribution < -0.4 is 11.2 Å². The molecule has 0 amide bonds. The van der Waals surface area contributed by atoms with Crippen molar-refractivity contribution in [3.63, 3.8) is 0 Å². The lowest BCUT2D eigenvalue weighted by atomic mass is 9.86. The molecule has 0 fully saturated rings. The molecule has 114 valence electrons. The summed E-state index contributed by atoms with van der Waals surface area (Å²) in [5, 5.41) is 9.09. The second-order valence-electron chi connectivity index (χ2n) is 5.31. The van der Waals surface area contributed by atoms with Gasteiger partial charge in [0.05, 0.1) is 0 Å². The van der Waals surface area contributed by atoms with Crippen molar-refractivity contribution in [3.05, 3.63) is 71.6 Å². The molecule has 1 atom stereocenters. The molecule has 0 saturated heterocycles. The third kappa shape index (κ3) is 4.80. The van der Waals surface area contributed by atoms with E-state index >= 15 is 0 Å². The van der Waals surface area contributed by atoms with Crippen LogP contribution in [0.25, 0.3) is 0 Å². The molecular formula is C18H26N2O. The summed E-state index contributed by atoms with van der Waals surface area (Å²) >= 11 is 0. The van der Waals surface area contributed by atoms with Gasteiger partial charge in [0.25, 0.3) is 0 Å².